The molecule has 0 aliphatic carbocycles. The van der Waals surface area contributed by atoms with Crippen LogP contribution in [-0.2, 0) is 26.5 Å². The number of aromatic nitrogens is 2. The summed E-state index contributed by atoms with van der Waals surface area (Å²) in [6.07, 6.45) is 1.98. The summed E-state index contributed by atoms with van der Waals surface area (Å²) in [6.45, 7) is 11.1. The molecule has 0 bridgehead atoms. The van der Waals surface area contributed by atoms with Crippen LogP contribution in [0.5, 0.6) is 11.5 Å². The van der Waals surface area contributed by atoms with E-state index in [9.17, 15) is 0 Å². The van der Waals surface area contributed by atoms with Crippen LogP contribution in [0.4, 0.5) is 22.7 Å². The Bertz CT molecular complexity index is 4940. The number of fused-ring (bicyclic) bond motifs is 8. The van der Waals surface area contributed by atoms with Crippen molar-refractivity contribution >= 4 is 66.5 Å². The smallest absolute Gasteiger partial charge is 0.135 e. The fourth-order valence-electron chi connectivity index (χ4n) is 13.2. The fourth-order valence-corrected chi connectivity index (χ4v) is 13.2. The van der Waals surface area contributed by atoms with Crippen LogP contribution in [0.2, 0.25) is 0 Å². The molecule has 0 atom stereocenters. The Labute approximate surface area is 538 Å². The molecule has 4 heterocycles. The van der Waals surface area contributed by atoms with E-state index in [1.165, 1.54) is 5.56 Å². The summed E-state index contributed by atoms with van der Waals surface area (Å²) in [7, 11) is 0. The standard InChI is InChI=1S/C83H59N4O2.Pt/c1-54-52-84-79(51-73(54)83(2,3)4)87-76-42-41-71-70-33-17-20-38-78(70)89-82(71)80(76)72-40-39-67(50-77(72)87)88-66-32-21-31-65(49-66)85-53-86(75-37-19-18-36-74(75)85)81-68(63-45-59(55-23-9-5-10-24-55)43-60(46-63)56-25-11-6-12-26-56)34-22-35-69(81)64-47-61(57-27-13-7-14-28-57)44-62(48-64)58-29-15-8-16-30-58;/h5-48,51-53H,1-4H3;/q-3;. The van der Waals surface area contributed by atoms with Crippen molar-refractivity contribution < 1.29 is 30.2 Å². The van der Waals surface area contributed by atoms with Gasteiger partial charge in [-0.2, -0.15) is 12.1 Å². The van der Waals surface area contributed by atoms with Gasteiger partial charge >= 0.3 is 0 Å². The Morgan fingerprint density at radius 2 is 0.944 bits per heavy atom. The monoisotopic (exact) mass is 1340 g/mol. The molecule has 0 saturated carbocycles. The van der Waals surface area contributed by atoms with E-state index in [-0.39, 0.29) is 26.5 Å². The third kappa shape index (κ3) is 10.0. The number of rotatable bonds is 11. The largest absolute Gasteiger partial charge is 0.509 e. The van der Waals surface area contributed by atoms with Gasteiger partial charge < -0.3 is 23.5 Å². The number of aryl methyl sites for hydroxylation is 1. The summed E-state index contributed by atoms with van der Waals surface area (Å²) in [6, 6.07) is 105. The minimum absolute atomic E-state index is 0. The molecule has 6 nitrogen and oxygen atoms in total. The van der Waals surface area contributed by atoms with Gasteiger partial charge in [-0.25, -0.2) is 4.98 Å². The minimum atomic E-state index is -0.108. The van der Waals surface area contributed by atoms with Crippen LogP contribution in [0.3, 0.4) is 0 Å². The number of nitrogens with zero attached hydrogens (tertiary/aromatic N) is 4. The number of para-hydroxylation sites is 4. The maximum Gasteiger partial charge on any atom is 0.135 e. The molecule has 1 aliphatic heterocycles. The van der Waals surface area contributed by atoms with Gasteiger partial charge in [0.05, 0.1) is 0 Å². The molecular formula is C83H59N4O2Pt-3. The van der Waals surface area contributed by atoms with E-state index >= 15 is 0 Å². The molecule has 0 spiro atoms. The zero-order valence-electron chi connectivity index (χ0n) is 50.1. The normalized spacial score (nSPS) is 12.3. The zero-order chi connectivity index (χ0) is 59.7. The predicted octanol–water partition coefficient (Wildman–Crippen LogP) is 22.5. The molecule has 0 unspecified atom stereocenters. The van der Waals surface area contributed by atoms with Gasteiger partial charge in [0.2, 0.25) is 0 Å². The second kappa shape index (κ2) is 22.9. The Balaban J connectivity index is 0.00000676. The number of pyridine rings is 1. The predicted molar refractivity (Wildman–Crippen MR) is 368 cm³/mol. The molecule has 0 amide bonds. The first-order chi connectivity index (χ1) is 43.6. The van der Waals surface area contributed by atoms with Crippen LogP contribution in [0.15, 0.2) is 284 Å². The average Bonchev–Trinajstić information content (AvgIpc) is 1.57. The van der Waals surface area contributed by atoms with Crippen molar-refractivity contribution in [3.05, 3.63) is 309 Å². The molecule has 1 aliphatic rings. The molecule has 0 radical (unpaired) electrons. The SMILES string of the molecule is Cc1cnc(-n2c3[c-]c(Oc4[c-]c(N5[CH-]N(c6c(-c7cc(-c8ccccc8)cc(-c8ccccc8)c7)cccc6-c6cc(-c7ccccc7)cc(-c7ccccc7)c6)c6ccccc65)ccc4)ccc3c3c4oc5ccccc5c4ccc32)cc1C(C)(C)C.[Pt]. The molecule has 0 N–H and O–H groups in total. The Morgan fingerprint density at radius 3 is 1.52 bits per heavy atom. The Hall–Kier alpha value is -10.5. The third-order valence-electron chi connectivity index (χ3n) is 17.3. The molecule has 16 rings (SSSR count). The molecular weight excluding hydrogens is 1280 g/mol. The molecule has 7 heteroatoms. The summed E-state index contributed by atoms with van der Waals surface area (Å²) in [5.41, 5.74) is 23.1. The van der Waals surface area contributed by atoms with Crippen molar-refractivity contribution in [1.29, 1.82) is 0 Å². The fraction of sp³-hybridized carbons (Fsp3) is 0.0602. The first-order valence-corrected chi connectivity index (χ1v) is 30.3. The molecule has 436 valence electrons. The van der Waals surface area contributed by atoms with Crippen LogP contribution >= 0.6 is 0 Å². The first-order valence-electron chi connectivity index (χ1n) is 30.3. The van der Waals surface area contributed by atoms with E-state index in [0.717, 1.165) is 145 Å². The molecule has 0 fully saturated rings. The molecule has 0 saturated heterocycles. The Kier molecular flexibility index (Phi) is 14.2. The summed E-state index contributed by atoms with van der Waals surface area (Å²) in [5.74, 6) is 1.90. The minimum Gasteiger partial charge on any atom is -0.509 e. The molecule has 15 aromatic rings. The summed E-state index contributed by atoms with van der Waals surface area (Å²) in [5, 5.41) is 4.14. The van der Waals surface area contributed by atoms with Gasteiger partial charge in [-0.15, -0.1) is 42.7 Å². The maximum atomic E-state index is 6.93. The topological polar surface area (TPSA) is 46.7 Å². The summed E-state index contributed by atoms with van der Waals surface area (Å²) in [4.78, 5) is 9.70. The van der Waals surface area contributed by atoms with Crippen molar-refractivity contribution in [3.8, 4) is 84.1 Å². The van der Waals surface area contributed by atoms with Crippen molar-refractivity contribution in [2.75, 3.05) is 9.80 Å². The zero-order valence-corrected chi connectivity index (χ0v) is 52.3. The van der Waals surface area contributed by atoms with E-state index in [2.05, 4.69) is 304 Å². The second-order valence-electron chi connectivity index (χ2n) is 24.1. The van der Waals surface area contributed by atoms with E-state index < -0.39 is 0 Å². The summed E-state index contributed by atoms with van der Waals surface area (Å²) < 4.78 is 15.8. The first kappa shape index (κ1) is 56.0. The van der Waals surface area contributed by atoms with E-state index in [4.69, 9.17) is 14.1 Å². The molecule has 3 aromatic heterocycles. The van der Waals surface area contributed by atoms with Gasteiger partial charge in [-0.1, -0.05) is 202 Å². The van der Waals surface area contributed by atoms with Gasteiger partial charge in [0.15, 0.2) is 0 Å². The van der Waals surface area contributed by atoms with Crippen LogP contribution < -0.4 is 14.5 Å². The number of anilines is 4. The van der Waals surface area contributed by atoms with Crippen LogP contribution in [0, 0.1) is 25.7 Å². The maximum absolute atomic E-state index is 6.93. The molecule has 12 aromatic carbocycles. The third-order valence-corrected chi connectivity index (χ3v) is 17.3. The van der Waals surface area contributed by atoms with Crippen molar-refractivity contribution in [1.82, 2.24) is 9.55 Å². The number of ether oxygens (including phenoxy) is 1. The number of benzene rings is 12. The van der Waals surface area contributed by atoms with Crippen molar-refractivity contribution in [2.24, 2.45) is 0 Å². The quantitative estimate of drug-likeness (QED) is 0.121. The second-order valence-corrected chi connectivity index (χ2v) is 24.1. The number of hydrogen-bond donors (Lipinski definition) is 0. The van der Waals surface area contributed by atoms with Crippen LogP contribution in [0.1, 0.15) is 31.9 Å². The van der Waals surface area contributed by atoms with E-state index in [1.54, 1.807) is 0 Å². The Morgan fingerprint density at radius 1 is 0.444 bits per heavy atom. The van der Waals surface area contributed by atoms with Gasteiger partial charge in [0.1, 0.15) is 17.0 Å². The van der Waals surface area contributed by atoms with Crippen LogP contribution in [-0.4, -0.2) is 9.55 Å². The van der Waals surface area contributed by atoms with Gasteiger partial charge in [0, 0.05) is 83.2 Å². The van der Waals surface area contributed by atoms with Gasteiger partial charge in [-0.3, -0.25) is 0 Å². The van der Waals surface area contributed by atoms with Gasteiger partial charge in [-0.05, 0) is 157 Å². The van der Waals surface area contributed by atoms with Crippen LogP contribution in [0.25, 0.3) is 116 Å². The number of hydrogen-bond acceptors (Lipinski definition) is 5. The van der Waals surface area contributed by atoms with Crippen molar-refractivity contribution in [2.45, 2.75) is 33.1 Å². The summed E-state index contributed by atoms with van der Waals surface area (Å²) >= 11 is 0. The molecule has 90 heavy (non-hydrogen) atoms. The number of furan rings is 1. The van der Waals surface area contributed by atoms with E-state index in [1.807, 2.05) is 36.5 Å². The average molecular weight is 1340 g/mol. The van der Waals surface area contributed by atoms with Gasteiger partial charge in [0.25, 0.3) is 0 Å². The van der Waals surface area contributed by atoms with Crippen molar-refractivity contribution in [3.63, 3.8) is 0 Å². The van der Waals surface area contributed by atoms with E-state index in [0.29, 0.717) is 11.5 Å².